The van der Waals surface area contributed by atoms with Crippen molar-refractivity contribution < 1.29 is 9.53 Å². The van der Waals surface area contributed by atoms with E-state index in [1.54, 1.807) is 6.20 Å². The van der Waals surface area contributed by atoms with Crippen molar-refractivity contribution in [1.82, 2.24) is 15.2 Å². The fourth-order valence-corrected chi connectivity index (χ4v) is 3.08. The number of carbonyl (C=O) groups is 1. The second-order valence-electron chi connectivity index (χ2n) is 6.23. The molecule has 1 saturated heterocycles. The summed E-state index contributed by atoms with van der Waals surface area (Å²) >= 11 is 0. The van der Waals surface area contributed by atoms with E-state index in [1.165, 1.54) is 0 Å². The highest BCUT2D eigenvalue weighted by molar-refractivity contribution is 14.0. The molecule has 1 unspecified atom stereocenters. The lowest BCUT2D eigenvalue weighted by Gasteiger charge is -2.34. The average Bonchev–Trinajstić information content (AvgIpc) is 2.59. The van der Waals surface area contributed by atoms with E-state index in [0.717, 1.165) is 44.0 Å². The molecule has 1 aromatic heterocycles. The number of pyridine rings is 1. The number of rotatable bonds is 7. The van der Waals surface area contributed by atoms with Crippen LogP contribution in [0.1, 0.15) is 38.7 Å². The van der Waals surface area contributed by atoms with Gasteiger partial charge < -0.3 is 20.7 Å². The summed E-state index contributed by atoms with van der Waals surface area (Å²) in [7, 11) is 0. The first kappa shape index (κ1) is 22.5. The average molecular weight is 475 g/mol. The number of nitrogens with zero attached hydrogens (tertiary/aromatic N) is 3. The fraction of sp³-hybridized carbons (Fsp3) is 0.611. The van der Waals surface area contributed by atoms with E-state index in [-0.39, 0.29) is 29.9 Å². The van der Waals surface area contributed by atoms with Crippen molar-refractivity contribution in [3.63, 3.8) is 0 Å². The highest BCUT2D eigenvalue weighted by Crippen LogP contribution is 2.19. The monoisotopic (exact) mass is 475 g/mol. The number of likely N-dealkylation sites (tertiary alicyclic amines) is 1. The lowest BCUT2D eigenvalue weighted by molar-refractivity contribution is -0.119. The van der Waals surface area contributed by atoms with Gasteiger partial charge in [0.25, 0.3) is 0 Å². The largest absolute Gasteiger partial charge is 0.478 e. The van der Waals surface area contributed by atoms with Crippen LogP contribution in [0.3, 0.4) is 0 Å². The molecule has 1 fully saturated rings. The van der Waals surface area contributed by atoms with Gasteiger partial charge in [0, 0.05) is 38.3 Å². The van der Waals surface area contributed by atoms with E-state index >= 15 is 0 Å². The number of piperidine rings is 1. The Kier molecular flexibility index (Phi) is 10.3. The lowest BCUT2D eigenvalue weighted by Crippen LogP contribution is -2.47. The third-order valence-corrected chi connectivity index (χ3v) is 4.15. The molecule has 1 aliphatic rings. The lowest BCUT2D eigenvalue weighted by atomic mass is 9.95. The van der Waals surface area contributed by atoms with Crippen molar-refractivity contribution in [3.05, 3.63) is 23.9 Å². The highest BCUT2D eigenvalue weighted by Gasteiger charge is 2.23. The van der Waals surface area contributed by atoms with Gasteiger partial charge in [0.2, 0.25) is 11.8 Å². The van der Waals surface area contributed by atoms with Crippen LogP contribution in [0.5, 0.6) is 5.88 Å². The first-order valence-electron chi connectivity index (χ1n) is 9.01. The van der Waals surface area contributed by atoms with Crippen LogP contribution in [0.25, 0.3) is 0 Å². The maximum atomic E-state index is 11.2. The minimum absolute atomic E-state index is 0. The molecule has 0 bridgehead atoms. The van der Waals surface area contributed by atoms with Crippen molar-refractivity contribution in [2.24, 2.45) is 16.6 Å². The van der Waals surface area contributed by atoms with Crippen LogP contribution < -0.4 is 15.8 Å². The van der Waals surface area contributed by atoms with E-state index in [1.807, 2.05) is 19.1 Å². The Hall–Kier alpha value is -1.58. The van der Waals surface area contributed by atoms with Crippen LogP contribution in [-0.4, -0.2) is 48.0 Å². The zero-order valence-corrected chi connectivity index (χ0v) is 17.9. The van der Waals surface area contributed by atoms with Crippen LogP contribution in [-0.2, 0) is 11.3 Å². The van der Waals surface area contributed by atoms with Crippen molar-refractivity contribution in [2.45, 2.75) is 39.7 Å². The van der Waals surface area contributed by atoms with Crippen LogP contribution in [0.15, 0.2) is 23.3 Å². The summed E-state index contributed by atoms with van der Waals surface area (Å²) in [6.07, 6.45) is 4.28. The van der Waals surface area contributed by atoms with Crippen molar-refractivity contribution in [2.75, 3.05) is 26.2 Å². The summed E-state index contributed by atoms with van der Waals surface area (Å²) < 4.78 is 5.44. The SMILES string of the molecule is CCNC(=NCc1ccnc(OCC)c1)N1CCCC(CC(N)=O)C1.I. The molecule has 146 valence electrons. The molecule has 1 aromatic rings. The smallest absolute Gasteiger partial charge is 0.217 e. The number of ether oxygens (including phenoxy) is 1. The molecular weight excluding hydrogens is 445 g/mol. The third-order valence-electron chi connectivity index (χ3n) is 4.15. The van der Waals surface area contributed by atoms with Crippen molar-refractivity contribution >= 4 is 35.8 Å². The Morgan fingerprint density at radius 3 is 3.00 bits per heavy atom. The molecule has 2 rings (SSSR count). The number of hydrogen-bond donors (Lipinski definition) is 2. The molecule has 1 amide bonds. The van der Waals surface area contributed by atoms with Crippen LogP contribution in [0.2, 0.25) is 0 Å². The number of nitrogens with two attached hydrogens (primary N) is 1. The Balaban J connectivity index is 0.00000338. The Morgan fingerprint density at radius 1 is 1.50 bits per heavy atom. The van der Waals surface area contributed by atoms with Gasteiger partial charge in [-0.1, -0.05) is 0 Å². The maximum absolute atomic E-state index is 11.2. The van der Waals surface area contributed by atoms with Gasteiger partial charge in [-0.2, -0.15) is 0 Å². The topological polar surface area (TPSA) is 92.8 Å². The van der Waals surface area contributed by atoms with Gasteiger partial charge in [-0.05, 0) is 44.2 Å². The second kappa shape index (κ2) is 11.9. The van der Waals surface area contributed by atoms with E-state index in [4.69, 9.17) is 15.5 Å². The predicted octanol–water partition coefficient (Wildman–Crippen LogP) is 2.15. The molecule has 0 saturated carbocycles. The van der Waals surface area contributed by atoms with Gasteiger partial charge in [-0.15, -0.1) is 24.0 Å². The maximum Gasteiger partial charge on any atom is 0.217 e. The zero-order chi connectivity index (χ0) is 18.1. The molecule has 0 radical (unpaired) electrons. The van der Waals surface area contributed by atoms with E-state index < -0.39 is 0 Å². The van der Waals surface area contributed by atoms with Gasteiger partial charge in [0.15, 0.2) is 5.96 Å². The molecule has 2 heterocycles. The second-order valence-corrected chi connectivity index (χ2v) is 6.23. The number of amides is 1. The molecule has 0 spiro atoms. The number of hydrogen-bond acceptors (Lipinski definition) is 4. The minimum Gasteiger partial charge on any atom is -0.478 e. The number of guanidine groups is 1. The van der Waals surface area contributed by atoms with E-state index in [9.17, 15) is 4.79 Å². The molecule has 26 heavy (non-hydrogen) atoms. The quantitative estimate of drug-likeness (QED) is 0.358. The number of nitrogens with one attached hydrogen (secondary N) is 1. The third kappa shape index (κ3) is 7.35. The number of aromatic nitrogens is 1. The van der Waals surface area contributed by atoms with E-state index in [2.05, 4.69) is 22.1 Å². The van der Waals surface area contributed by atoms with Crippen molar-refractivity contribution in [3.8, 4) is 5.88 Å². The summed E-state index contributed by atoms with van der Waals surface area (Å²) in [6, 6.07) is 3.87. The predicted molar refractivity (Wildman–Crippen MR) is 114 cm³/mol. The Bertz CT molecular complexity index is 597. The first-order valence-corrected chi connectivity index (χ1v) is 9.01. The van der Waals surface area contributed by atoms with Crippen LogP contribution in [0.4, 0.5) is 0 Å². The molecule has 3 N–H and O–H groups in total. The summed E-state index contributed by atoms with van der Waals surface area (Å²) in [5.41, 5.74) is 6.41. The summed E-state index contributed by atoms with van der Waals surface area (Å²) in [6.45, 7) is 7.71. The number of primary amides is 1. The van der Waals surface area contributed by atoms with Gasteiger partial charge in [0.05, 0.1) is 13.2 Å². The standard InChI is InChI=1S/C18H29N5O2.HI/c1-3-20-18(23-9-5-6-15(13-23)10-16(19)24)22-12-14-7-8-21-17(11-14)25-4-2;/h7-8,11,15H,3-6,9-10,12-13H2,1-2H3,(H2,19,24)(H,20,22);1H. The Labute approximate surface area is 172 Å². The molecule has 1 atom stereocenters. The van der Waals surface area contributed by atoms with Gasteiger partial charge in [-0.3, -0.25) is 4.79 Å². The number of halogens is 1. The summed E-state index contributed by atoms with van der Waals surface area (Å²) in [4.78, 5) is 22.4. The molecule has 8 heteroatoms. The molecule has 1 aliphatic heterocycles. The van der Waals surface area contributed by atoms with Gasteiger partial charge in [-0.25, -0.2) is 9.98 Å². The zero-order valence-electron chi connectivity index (χ0n) is 15.6. The number of aliphatic imine (C=N–C) groups is 1. The molecular formula is C18H30IN5O2. The minimum atomic E-state index is -0.228. The molecule has 7 nitrogen and oxygen atoms in total. The normalized spacial score (nSPS) is 17.4. The highest BCUT2D eigenvalue weighted by atomic mass is 127. The van der Waals surface area contributed by atoms with Gasteiger partial charge in [0.1, 0.15) is 0 Å². The fourth-order valence-electron chi connectivity index (χ4n) is 3.08. The van der Waals surface area contributed by atoms with Crippen molar-refractivity contribution in [1.29, 1.82) is 0 Å². The summed E-state index contributed by atoms with van der Waals surface area (Å²) in [5.74, 6) is 1.58. The molecule has 0 aromatic carbocycles. The van der Waals surface area contributed by atoms with Gasteiger partial charge >= 0.3 is 0 Å². The molecule has 0 aliphatic carbocycles. The van der Waals surface area contributed by atoms with Crippen LogP contribution in [0, 0.1) is 5.92 Å². The summed E-state index contributed by atoms with van der Waals surface area (Å²) in [5, 5.41) is 3.35. The van der Waals surface area contributed by atoms with E-state index in [0.29, 0.717) is 31.4 Å². The Morgan fingerprint density at radius 2 is 2.31 bits per heavy atom. The number of carbonyl (C=O) groups excluding carboxylic acids is 1. The van der Waals surface area contributed by atoms with Crippen LogP contribution >= 0.6 is 24.0 Å². The first-order chi connectivity index (χ1) is 12.1.